The predicted molar refractivity (Wildman–Crippen MR) is 135 cm³/mol. The molecule has 12 heteroatoms. The molecule has 36 heavy (non-hydrogen) atoms. The molecule has 0 saturated carbocycles. The number of aromatic amines is 1. The second-order valence-corrected chi connectivity index (χ2v) is 10.2. The number of hydrogen-bond donors (Lipinski definition) is 2. The van der Waals surface area contributed by atoms with E-state index in [2.05, 4.69) is 25.4 Å². The van der Waals surface area contributed by atoms with Gasteiger partial charge < -0.3 is 15.2 Å². The Balaban J connectivity index is 1.22. The predicted octanol–water partition coefficient (Wildman–Crippen LogP) is 3.45. The molecular formula is C24H23F2N7O2S. The lowest BCUT2D eigenvalue weighted by molar-refractivity contribution is -0.0547. The largest absolute Gasteiger partial charge is 0.351 e. The topological polar surface area (TPSA) is 108 Å². The number of carbonyl (C=O) groups excluding carboxylic acids is 1. The van der Waals surface area contributed by atoms with Crippen molar-refractivity contribution >= 4 is 55.8 Å². The van der Waals surface area contributed by atoms with E-state index in [0.29, 0.717) is 53.7 Å². The number of fused-ring (bicyclic) bond motifs is 5. The van der Waals surface area contributed by atoms with E-state index in [1.165, 1.54) is 17.5 Å². The molecule has 2 N–H and O–H groups in total. The molecule has 0 radical (unpaired) electrons. The maximum Gasteiger partial charge on any atom is 0.261 e. The molecule has 1 saturated heterocycles. The standard InChI is InChI=1S/C24H23F2N7O2S/c25-24(26)3-7-32(8-4-24)9-6-28-21(34)15-10-16-19(29-12-15)20-18(22(35)30-16)23-33(31-20)13-17(36-23)14-2-1-5-27-11-14/h5,10-13H,1-4,6-9H2,(H,28,34)(H,30,35). The average molecular weight is 512 g/mol. The van der Waals surface area contributed by atoms with E-state index in [1.807, 2.05) is 23.5 Å². The van der Waals surface area contributed by atoms with Gasteiger partial charge in [0.1, 0.15) is 21.3 Å². The van der Waals surface area contributed by atoms with Crippen molar-refractivity contribution in [3.8, 4) is 0 Å². The van der Waals surface area contributed by atoms with Gasteiger partial charge in [0, 0.05) is 63.8 Å². The van der Waals surface area contributed by atoms with E-state index < -0.39 is 5.92 Å². The summed E-state index contributed by atoms with van der Waals surface area (Å²) in [4.78, 5) is 40.8. The number of carbonyl (C=O) groups is 1. The average Bonchev–Trinajstić information content (AvgIpc) is 3.44. The SMILES string of the molecule is O=C(NCCN1CCC(F)(F)CC1)c1cnc2c(c1)[nH]c(=O)c1c2nn2cc(C3=CN=CCC3)sc12. The van der Waals surface area contributed by atoms with Crippen LogP contribution in [0, 0.1) is 0 Å². The zero-order valence-corrected chi connectivity index (χ0v) is 20.1. The van der Waals surface area contributed by atoms with Crippen molar-refractivity contribution in [1.82, 2.24) is 29.8 Å². The summed E-state index contributed by atoms with van der Waals surface area (Å²) >= 11 is 1.49. The Kier molecular flexibility index (Phi) is 5.64. The van der Waals surface area contributed by atoms with Crippen molar-refractivity contribution < 1.29 is 13.6 Å². The number of amides is 1. The summed E-state index contributed by atoms with van der Waals surface area (Å²) in [5, 5.41) is 7.90. The smallest absolute Gasteiger partial charge is 0.261 e. The third kappa shape index (κ3) is 4.20. The first-order chi connectivity index (χ1) is 17.4. The van der Waals surface area contributed by atoms with Crippen LogP contribution in [-0.2, 0) is 0 Å². The summed E-state index contributed by atoms with van der Waals surface area (Å²) in [6.07, 6.45) is 8.56. The summed E-state index contributed by atoms with van der Waals surface area (Å²) in [6.45, 7) is 1.45. The molecule has 4 aromatic heterocycles. The molecule has 0 unspecified atom stereocenters. The minimum Gasteiger partial charge on any atom is -0.351 e. The number of rotatable bonds is 5. The molecule has 0 spiro atoms. The molecule has 0 bridgehead atoms. The highest BCUT2D eigenvalue weighted by molar-refractivity contribution is 7.19. The van der Waals surface area contributed by atoms with Gasteiger partial charge in [0.2, 0.25) is 0 Å². The molecular weight excluding hydrogens is 488 g/mol. The van der Waals surface area contributed by atoms with Gasteiger partial charge >= 0.3 is 0 Å². The zero-order valence-electron chi connectivity index (χ0n) is 19.3. The van der Waals surface area contributed by atoms with Crippen molar-refractivity contribution in [2.45, 2.75) is 31.6 Å². The number of pyridine rings is 2. The van der Waals surface area contributed by atoms with Crippen LogP contribution in [0.25, 0.3) is 32.3 Å². The fraction of sp³-hybridized carbons (Fsp3) is 0.375. The van der Waals surface area contributed by atoms with E-state index in [0.717, 1.165) is 28.1 Å². The van der Waals surface area contributed by atoms with E-state index in [-0.39, 0.29) is 24.3 Å². The van der Waals surface area contributed by atoms with Crippen LogP contribution < -0.4 is 10.9 Å². The Morgan fingerprint density at radius 2 is 2.08 bits per heavy atom. The molecule has 1 amide bonds. The molecule has 2 aliphatic rings. The minimum atomic E-state index is -2.59. The molecule has 0 aliphatic carbocycles. The number of nitrogens with one attached hydrogen (secondary N) is 2. The lowest BCUT2D eigenvalue weighted by Gasteiger charge is -2.31. The maximum absolute atomic E-state index is 13.3. The van der Waals surface area contributed by atoms with Crippen LogP contribution in [0.1, 0.15) is 40.9 Å². The van der Waals surface area contributed by atoms with Gasteiger partial charge in [0.25, 0.3) is 17.4 Å². The normalized spacial score (nSPS) is 18.2. The van der Waals surface area contributed by atoms with Gasteiger partial charge in [-0.2, -0.15) is 5.10 Å². The number of H-pyrrole nitrogens is 1. The monoisotopic (exact) mass is 511 g/mol. The van der Waals surface area contributed by atoms with Crippen molar-refractivity contribution in [3.05, 3.63) is 45.5 Å². The van der Waals surface area contributed by atoms with Crippen LogP contribution >= 0.6 is 11.3 Å². The zero-order chi connectivity index (χ0) is 24.9. The number of aliphatic imine (C=N–C) groups is 1. The molecule has 4 aromatic rings. The number of hydrogen-bond acceptors (Lipinski definition) is 7. The molecule has 186 valence electrons. The van der Waals surface area contributed by atoms with Crippen LogP contribution in [0.15, 0.2) is 34.4 Å². The molecule has 6 rings (SSSR count). The number of aromatic nitrogens is 4. The Morgan fingerprint density at radius 3 is 2.86 bits per heavy atom. The number of piperidine rings is 1. The third-order valence-corrected chi connectivity index (χ3v) is 7.83. The fourth-order valence-electron chi connectivity index (χ4n) is 4.64. The van der Waals surface area contributed by atoms with Gasteiger partial charge in [0.05, 0.1) is 16.0 Å². The Hall–Kier alpha value is -3.51. The number of thiazole rings is 1. The fourth-order valence-corrected chi connectivity index (χ4v) is 5.77. The summed E-state index contributed by atoms with van der Waals surface area (Å²) in [5.74, 6) is -2.93. The third-order valence-electron chi connectivity index (χ3n) is 6.66. The molecule has 6 heterocycles. The lowest BCUT2D eigenvalue weighted by atomic mass is 10.1. The van der Waals surface area contributed by atoms with Crippen LogP contribution in [0.2, 0.25) is 0 Å². The van der Waals surface area contributed by atoms with Gasteiger partial charge in [-0.25, -0.2) is 13.3 Å². The maximum atomic E-state index is 13.3. The van der Waals surface area contributed by atoms with Gasteiger partial charge in [-0.05, 0) is 24.5 Å². The number of likely N-dealkylation sites (tertiary alicyclic amines) is 1. The number of allylic oxidation sites excluding steroid dienone is 1. The summed E-state index contributed by atoms with van der Waals surface area (Å²) in [5.41, 5.74) is 2.54. The molecule has 9 nitrogen and oxygen atoms in total. The van der Waals surface area contributed by atoms with E-state index >= 15 is 0 Å². The van der Waals surface area contributed by atoms with E-state index in [9.17, 15) is 18.4 Å². The first-order valence-electron chi connectivity index (χ1n) is 11.8. The summed E-state index contributed by atoms with van der Waals surface area (Å²) in [6, 6.07) is 1.59. The van der Waals surface area contributed by atoms with Crippen LogP contribution in [0.3, 0.4) is 0 Å². The first kappa shape index (κ1) is 22.9. The van der Waals surface area contributed by atoms with Gasteiger partial charge in [-0.1, -0.05) is 0 Å². The minimum absolute atomic E-state index is 0.156. The highest BCUT2D eigenvalue weighted by Gasteiger charge is 2.33. The quantitative estimate of drug-likeness (QED) is 0.427. The van der Waals surface area contributed by atoms with Crippen LogP contribution in [0.4, 0.5) is 8.78 Å². The van der Waals surface area contributed by atoms with E-state index in [1.54, 1.807) is 10.6 Å². The molecule has 1 fully saturated rings. The highest BCUT2D eigenvalue weighted by atomic mass is 32.1. The highest BCUT2D eigenvalue weighted by Crippen LogP contribution is 2.33. The number of nitrogens with zero attached hydrogens (tertiary/aromatic N) is 5. The molecule has 2 aliphatic heterocycles. The first-order valence-corrected chi connectivity index (χ1v) is 12.6. The van der Waals surface area contributed by atoms with Gasteiger partial charge in [-0.3, -0.25) is 19.6 Å². The second-order valence-electron chi connectivity index (χ2n) is 9.12. The second kappa shape index (κ2) is 8.86. The molecule has 0 atom stereocenters. The molecule has 0 aromatic carbocycles. The van der Waals surface area contributed by atoms with Gasteiger partial charge in [0.15, 0.2) is 0 Å². The van der Waals surface area contributed by atoms with Crippen molar-refractivity contribution in [3.63, 3.8) is 0 Å². The Labute approximate surface area is 207 Å². The Bertz CT molecular complexity index is 1610. The van der Waals surface area contributed by atoms with Crippen LogP contribution in [0.5, 0.6) is 0 Å². The Morgan fingerprint density at radius 1 is 1.25 bits per heavy atom. The summed E-state index contributed by atoms with van der Waals surface area (Å²) in [7, 11) is 0. The summed E-state index contributed by atoms with van der Waals surface area (Å²) < 4.78 is 28.3. The van der Waals surface area contributed by atoms with Crippen LogP contribution in [-0.4, -0.2) is 68.7 Å². The van der Waals surface area contributed by atoms with Crippen molar-refractivity contribution in [2.75, 3.05) is 26.2 Å². The number of alkyl halides is 2. The van der Waals surface area contributed by atoms with Crippen molar-refractivity contribution in [1.29, 1.82) is 0 Å². The van der Waals surface area contributed by atoms with Gasteiger partial charge in [-0.15, -0.1) is 11.3 Å². The van der Waals surface area contributed by atoms with Crippen molar-refractivity contribution in [2.24, 2.45) is 4.99 Å². The van der Waals surface area contributed by atoms with E-state index in [4.69, 9.17) is 0 Å². The lowest BCUT2D eigenvalue weighted by Crippen LogP contribution is -2.43. The number of halogens is 2.